The lowest BCUT2D eigenvalue weighted by Crippen LogP contribution is -2.25. The summed E-state index contributed by atoms with van der Waals surface area (Å²) in [6.45, 7) is 5.31. The molecule has 0 radical (unpaired) electrons. The highest BCUT2D eigenvalue weighted by atomic mass is 16.5. The molecular formula is C9H20N2O3. The van der Waals surface area contributed by atoms with Gasteiger partial charge in [0.05, 0.1) is 26.4 Å². The molecule has 0 aliphatic carbocycles. The first-order chi connectivity index (χ1) is 6.77. The SMILES string of the molecule is CNCCOCCOCCNC(C)=O. The minimum Gasteiger partial charge on any atom is -0.378 e. The summed E-state index contributed by atoms with van der Waals surface area (Å²) in [4.78, 5) is 10.5. The minimum atomic E-state index is -0.0288. The van der Waals surface area contributed by atoms with Crippen molar-refractivity contribution in [2.45, 2.75) is 6.92 Å². The summed E-state index contributed by atoms with van der Waals surface area (Å²) in [6.07, 6.45) is 0. The van der Waals surface area contributed by atoms with E-state index in [2.05, 4.69) is 10.6 Å². The van der Waals surface area contributed by atoms with Gasteiger partial charge in [-0.1, -0.05) is 0 Å². The van der Waals surface area contributed by atoms with Crippen LogP contribution in [0.4, 0.5) is 0 Å². The molecule has 0 aromatic carbocycles. The highest BCUT2D eigenvalue weighted by Crippen LogP contribution is 1.77. The van der Waals surface area contributed by atoms with Gasteiger partial charge in [-0.15, -0.1) is 0 Å². The van der Waals surface area contributed by atoms with Gasteiger partial charge in [-0.2, -0.15) is 0 Å². The zero-order chi connectivity index (χ0) is 10.6. The largest absolute Gasteiger partial charge is 0.378 e. The molecule has 1 amide bonds. The van der Waals surface area contributed by atoms with Crippen molar-refractivity contribution in [2.24, 2.45) is 0 Å². The van der Waals surface area contributed by atoms with Gasteiger partial charge in [0.1, 0.15) is 0 Å². The van der Waals surface area contributed by atoms with Crippen molar-refractivity contribution in [1.82, 2.24) is 10.6 Å². The third-order valence-electron chi connectivity index (χ3n) is 1.49. The lowest BCUT2D eigenvalue weighted by molar-refractivity contribution is -0.119. The van der Waals surface area contributed by atoms with Crippen molar-refractivity contribution in [3.05, 3.63) is 0 Å². The Labute approximate surface area is 85.1 Å². The van der Waals surface area contributed by atoms with Gasteiger partial charge in [-0.05, 0) is 7.05 Å². The summed E-state index contributed by atoms with van der Waals surface area (Å²) in [5.74, 6) is -0.0288. The van der Waals surface area contributed by atoms with E-state index in [-0.39, 0.29) is 5.91 Å². The van der Waals surface area contributed by atoms with Crippen LogP contribution in [0.25, 0.3) is 0 Å². The third kappa shape index (κ3) is 11.4. The Kier molecular flexibility index (Phi) is 9.95. The predicted octanol–water partition coefficient (Wildman–Crippen LogP) is -0.625. The first-order valence-corrected chi connectivity index (χ1v) is 4.82. The maximum Gasteiger partial charge on any atom is 0.216 e. The van der Waals surface area contributed by atoms with Crippen LogP contribution in [-0.4, -0.2) is 52.5 Å². The minimum absolute atomic E-state index is 0.0288. The van der Waals surface area contributed by atoms with Crippen LogP contribution in [0.3, 0.4) is 0 Å². The van der Waals surface area contributed by atoms with Gasteiger partial charge in [-0.3, -0.25) is 4.79 Å². The van der Waals surface area contributed by atoms with Crippen molar-refractivity contribution < 1.29 is 14.3 Å². The van der Waals surface area contributed by atoms with Crippen LogP contribution < -0.4 is 10.6 Å². The summed E-state index contributed by atoms with van der Waals surface area (Å²) in [6, 6.07) is 0. The van der Waals surface area contributed by atoms with Crippen LogP contribution in [0.15, 0.2) is 0 Å². The van der Waals surface area contributed by atoms with E-state index in [1.165, 1.54) is 6.92 Å². The Morgan fingerprint density at radius 3 is 2.14 bits per heavy atom. The lowest BCUT2D eigenvalue weighted by Gasteiger charge is -2.05. The average Bonchev–Trinajstić information content (AvgIpc) is 2.15. The number of rotatable bonds is 9. The first-order valence-electron chi connectivity index (χ1n) is 4.82. The molecule has 0 atom stereocenters. The van der Waals surface area contributed by atoms with Crippen molar-refractivity contribution in [2.75, 3.05) is 46.6 Å². The molecule has 0 unspecified atom stereocenters. The Balaban J connectivity index is 2.88. The molecule has 5 heteroatoms. The van der Waals surface area contributed by atoms with Gasteiger partial charge in [0, 0.05) is 20.0 Å². The van der Waals surface area contributed by atoms with Gasteiger partial charge in [0.2, 0.25) is 5.91 Å². The second-order valence-corrected chi connectivity index (χ2v) is 2.81. The lowest BCUT2D eigenvalue weighted by atomic mass is 10.6. The number of likely N-dealkylation sites (N-methyl/N-ethyl adjacent to an activating group) is 1. The molecule has 0 aliphatic rings. The second kappa shape index (κ2) is 10.4. The van der Waals surface area contributed by atoms with E-state index in [9.17, 15) is 4.79 Å². The van der Waals surface area contributed by atoms with Crippen LogP contribution in [0.2, 0.25) is 0 Å². The normalized spacial score (nSPS) is 10.1. The molecule has 0 saturated carbocycles. The van der Waals surface area contributed by atoms with E-state index in [1.54, 1.807) is 0 Å². The number of carbonyl (C=O) groups excluding carboxylic acids is 1. The zero-order valence-electron chi connectivity index (χ0n) is 8.97. The van der Waals surface area contributed by atoms with Gasteiger partial charge in [0.15, 0.2) is 0 Å². The maximum absolute atomic E-state index is 10.5. The third-order valence-corrected chi connectivity index (χ3v) is 1.49. The molecule has 0 spiro atoms. The predicted molar refractivity (Wildman–Crippen MR) is 54.2 cm³/mol. The zero-order valence-corrected chi connectivity index (χ0v) is 8.97. The molecule has 0 saturated heterocycles. The van der Waals surface area contributed by atoms with E-state index in [0.29, 0.717) is 33.0 Å². The molecule has 5 nitrogen and oxygen atoms in total. The monoisotopic (exact) mass is 204 g/mol. The van der Waals surface area contributed by atoms with E-state index in [4.69, 9.17) is 9.47 Å². The van der Waals surface area contributed by atoms with E-state index < -0.39 is 0 Å². The van der Waals surface area contributed by atoms with Crippen molar-refractivity contribution in [1.29, 1.82) is 0 Å². The fraction of sp³-hybridized carbons (Fsp3) is 0.889. The van der Waals surface area contributed by atoms with Crippen molar-refractivity contribution >= 4 is 5.91 Å². The highest BCUT2D eigenvalue weighted by Gasteiger charge is 1.91. The molecule has 0 fully saturated rings. The van der Waals surface area contributed by atoms with E-state index >= 15 is 0 Å². The fourth-order valence-electron chi connectivity index (χ4n) is 0.795. The van der Waals surface area contributed by atoms with Crippen LogP contribution in [0.1, 0.15) is 6.92 Å². The van der Waals surface area contributed by atoms with Gasteiger partial charge in [0.25, 0.3) is 0 Å². The number of carbonyl (C=O) groups is 1. The second-order valence-electron chi connectivity index (χ2n) is 2.81. The van der Waals surface area contributed by atoms with Crippen LogP contribution in [0.5, 0.6) is 0 Å². The molecular weight excluding hydrogens is 184 g/mol. The quantitative estimate of drug-likeness (QED) is 0.491. The average molecular weight is 204 g/mol. The van der Waals surface area contributed by atoms with Gasteiger partial charge < -0.3 is 20.1 Å². The fourth-order valence-corrected chi connectivity index (χ4v) is 0.795. The van der Waals surface area contributed by atoms with Gasteiger partial charge >= 0.3 is 0 Å². The number of hydrogen-bond donors (Lipinski definition) is 2. The topological polar surface area (TPSA) is 59.6 Å². The number of ether oxygens (including phenoxy) is 2. The standard InChI is InChI=1S/C9H20N2O3/c1-9(12)11-4-6-14-8-7-13-5-3-10-2/h10H,3-8H2,1-2H3,(H,11,12). The molecule has 0 rings (SSSR count). The van der Waals surface area contributed by atoms with Crippen LogP contribution >= 0.6 is 0 Å². The molecule has 0 aromatic heterocycles. The maximum atomic E-state index is 10.5. The summed E-state index contributed by atoms with van der Waals surface area (Å²) in [5.41, 5.74) is 0. The molecule has 14 heavy (non-hydrogen) atoms. The van der Waals surface area contributed by atoms with E-state index in [0.717, 1.165) is 6.54 Å². The van der Waals surface area contributed by atoms with Crippen molar-refractivity contribution in [3.63, 3.8) is 0 Å². The Morgan fingerprint density at radius 1 is 1.07 bits per heavy atom. The van der Waals surface area contributed by atoms with Crippen molar-refractivity contribution in [3.8, 4) is 0 Å². The number of nitrogens with one attached hydrogen (secondary N) is 2. The molecule has 0 heterocycles. The summed E-state index contributed by atoms with van der Waals surface area (Å²) in [5, 5.41) is 5.62. The summed E-state index contributed by atoms with van der Waals surface area (Å²) in [7, 11) is 1.88. The molecule has 84 valence electrons. The van der Waals surface area contributed by atoms with E-state index in [1.807, 2.05) is 7.05 Å². The smallest absolute Gasteiger partial charge is 0.216 e. The first kappa shape index (κ1) is 13.4. The molecule has 2 N–H and O–H groups in total. The molecule has 0 aliphatic heterocycles. The number of hydrogen-bond acceptors (Lipinski definition) is 4. The molecule has 0 bridgehead atoms. The summed E-state index contributed by atoms with van der Waals surface area (Å²) >= 11 is 0. The Hall–Kier alpha value is -0.650. The van der Waals surface area contributed by atoms with Crippen LogP contribution in [0, 0.1) is 0 Å². The number of amides is 1. The Bertz CT molecular complexity index is 142. The Morgan fingerprint density at radius 2 is 1.64 bits per heavy atom. The molecule has 0 aromatic rings. The van der Waals surface area contributed by atoms with Gasteiger partial charge in [-0.25, -0.2) is 0 Å². The van der Waals surface area contributed by atoms with Crippen LogP contribution in [-0.2, 0) is 14.3 Å². The summed E-state index contributed by atoms with van der Waals surface area (Å²) < 4.78 is 10.4. The highest BCUT2D eigenvalue weighted by molar-refractivity contribution is 5.72.